The van der Waals surface area contributed by atoms with E-state index in [0.717, 1.165) is 51.1 Å². The number of likely N-dealkylation sites (tertiary alicyclic amines) is 1. The normalized spacial score (nSPS) is 18.6. The highest BCUT2D eigenvalue weighted by Gasteiger charge is 2.25. The van der Waals surface area contributed by atoms with E-state index < -0.39 is 0 Å². The van der Waals surface area contributed by atoms with Gasteiger partial charge in [-0.25, -0.2) is 4.68 Å². The largest absolute Gasteiger partial charge is 0.297 e. The molecule has 25 heavy (non-hydrogen) atoms. The maximum absolute atomic E-state index is 11.9. The molecule has 6 heteroatoms. The van der Waals surface area contributed by atoms with Crippen molar-refractivity contribution < 1.29 is 0 Å². The van der Waals surface area contributed by atoms with E-state index in [4.69, 9.17) is 0 Å². The van der Waals surface area contributed by atoms with Crippen LogP contribution in [0.4, 0.5) is 0 Å². The Morgan fingerprint density at radius 3 is 2.76 bits per heavy atom. The molecule has 0 unspecified atom stereocenters. The first-order chi connectivity index (χ1) is 12.1. The minimum absolute atomic E-state index is 0.0125. The molecule has 1 fully saturated rings. The molecule has 4 rings (SSSR count). The second kappa shape index (κ2) is 6.75. The van der Waals surface area contributed by atoms with E-state index in [1.165, 1.54) is 29.8 Å². The zero-order valence-corrected chi connectivity index (χ0v) is 15.2. The molecule has 1 aliphatic carbocycles. The van der Waals surface area contributed by atoms with Gasteiger partial charge in [0.1, 0.15) is 0 Å². The van der Waals surface area contributed by atoms with Crippen molar-refractivity contribution in [1.29, 1.82) is 0 Å². The number of aryl methyl sites for hydroxylation is 3. The lowest BCUT2D eigenvalue weighted by atomic mass is 9.96. The van der Waals surface area contributed by atoms with Crippen LogP contribution in [-0.4, -0.2) is 37.6 Å². The van der Waals surface area contributed by atoms with Gasteiger partial charge >= 0.3 is 0 Å². The summed E-state index contributed by atoms with van der Waals surface area (Å²) in [6.07, 6.45) is 5.84. The Kier molecular flexibility index (Phi) is 4.46. The molecule has 0 saturated carbocycles. The summed E-state index contributed by atoms with van der Waals surface area (Å²) in [6, 6.07) is 3.41. The summed E-state index contributed by atoms with van der Waals surface area (Å²) in [5, 5.41) is 9.07. The highest BCUT2D eigenvalue weighted by molar-refractivity contribution is 5.30. The van der Waals surface area contributed by atoms with E-state index in [1.54, 1.807) is 16.8 Å². The number of fused-ring (bicyclic) bond motifs is 1. The second-order valence-electron chi connectivity index (χ2n) is 7.56. The van der Waals surface area contributed by atoms with Crippen LogP contribution < -0.4 is 5.56 Å². The maximum atomic E-state index is 11.9. The SMILES string of the molecule is Cc1ccc(=O)n(CC2CCN(Cc3c4c(nn3C)CCC4)CC2)n1. The first-order valence-electron chi connectivity index (χ1n) is 9.41. The first kappa shape index (κ1) is 16.5. The average Bonchev–Trinajstić information content (AvgIpc) is 3.15. The Balaban J connectivity index is 1.36. The molecule has 2 aromatic heterocycles. The van der Waals surface area contributed by atoms with Crippen molar-refractivity contribution in [2.24, 2.45) is 13.0 Å². The molecule has 0 radical (unpaired) electrons. The summed E-state index contributed by atoms with van der Waals surface area (Å²) in [5.74, 6) is 0.542. The average molecular weight is 341 g/mol. The standard InChI is InChI=1S/C19H27N5O/c1-14-6-7-19(25)24(20-14)12-15-8-10-23(11-9-15)13-18-16-4-3-5-17(16)21-22(18)2/h6-7,15H,3-5,8-13H2,1-2H3. The molecule has 0 aromatic carbocycles. The molecular weight excluding hydrogens is 314 g/mol. The predicted octanol–water partition coefficient (Wildman–Crippen LogP) is 1.69. The molecule has 0 atom stereocenters. The molecule has 0 amide bonds. The number of hydrogen-bond acceptors (Lipinski definition) is 4. The first-order valence-corrected chi connectivity index (χ1v) is 9.41. The molecule has 134 valence electrons. The van der Waals surface area contributed by atoms with Crippen LogP contribution in [0.25, 0.3) is 0 Å². The molecule has 0 spiro atoms. The lowest BCUT2D eigenvalue weighted by molar-refractivity contribution is 0.160. The minimum Gasteiger partial charge on any atom is -0.297 e. The highest BCUT2D eigenvalue weighted by Crippen LogP contribution is 2.27. The fraction of sp³-hybridized carbons (Fsp3) is 0.632. The molecule has 1 saturated heterocycles. The van der Waals surface area contributed by atoms with Crippen molar-refractivity contribution >= 4 is 0 Å². The van der Waals surface area contributed by atoms with Gasteiger partial charge in [0.25, 0.3) is 5.56 Å². The van der Waals surface area contributed by atoms with Crippen molar-refractivity contribution in [3.8, 4) is 0 Å². The lowest BCUT2D eigenvalue weighted by Crippen LogP contribution is -2.37. The quantitative estimate of drug-likeness (QED) is 0.849. The third-order valence-corrected chi connectivity index (χ3v) is 5.71. The van der Waals surface area contributed by atoms with Crippen molar-refractivity contribution in [3.63, 3.8) is 0 Å². The lowest BCUT2D eigenvalue weighted by Gasteiger charge is -2.32. The van der Waals surface area contributed by atoms with E-state index in [1.807, 2.05) is 6.92 Å². The minimum atomic E-state index is 0.0125. The van der Waals surface area contributed by atoms with Crippen LogP contribution in [0.5, 0.6) is 0 Å². The summed E-state index contributed by atoms with van der Waals surface area (Å²) in [6.45, 7) is 5.87. The van der Waals surface area contributed by atoms with E-state index in [9.17, 15) is 4.79 Å². The van der Waals surface area contributed by atoms with Crippen LogP contribution in [0.15, 0.2) is 16.9 Å². The van der Waals surface area contributed by atoms with Gasteiger partial charge < -0.3 is 0 Å². The Morgan fingerprint density at radius 1 is 1.16 bits per heavy atom. The number of hydrogen-bond donors (Lipinski definition) is 0. The van der Waals surface area contributed by atoms with Gasteiger partial charge in [-0.1, -0.05) is 0 Å². The van der Waals surface area contributed by atoms with Gasteiger partial charge in [-0.3, -0.25) is 14.4 Å². The van der Waals surface area contributed by atoms with Crippen molar-refractivity contribution in [1.82, 2.24) is 24.5 Å². The molecule has 3 heterocycles. The van der Waals surface area contributed by atoms with Gasteiger partial charge in [-0.05, 0) is 69.7 Å². The Bertz CT molecular complexity index is 814. The molecule has 0 N–H and O–H groups in total. The smallest absolute Gasteiger partial charge is 0.266 e. The molecule has 2 aliphatic rings. The summed E-state index contributed by atoms with van der Waals surface area (Å²) in [7, 11) is 2.08. The summed E-state index contributed by atoms with van der Waals surface area (Å²) >= 11 is 0. The number of rotatable bonds is 4. The van der Waals surface area contributed by atoms with Gasteiger partial charge in [0, 0.05) is 26.2 Å². The van der Waals surface area contributed by atoms with Gasteiger partial charge in [-0.2, -0.15) is 10.2 Å². The summed E-state index contributed by atoms with van der Waals surface area (Å²) < 4.78 is 3.73. The number of piperidine rings is 1. The fourth-order valence-corrected chi connectivity index (χ4v) is 4.25. The van der Waals surface area contributed by atoms with Crippen molar-refractivity contribution in [2.75, 3.05) is 13.1 Å². The summed E-state index contributed by atoms with van der Waals surface area (Å²) in [5.41, 5.74) is 5.14. The van der Waals surface area contributed by atoms with Gasteiger partial charge in [0.05, 0.1) is 17.1 Å². The predicted molar refractivity (Wildman–Crippen MR) is 96.5 cm³/mol. The molecular formula is C19H27N5O. The maximum Gasteiger partial charge on any atom is 0.266 e. The second-order valence-corrected chi connectivity index (χ2v) is 7.56. The van der Waals surface area contributed by atoms with Crippen LogP contribution in [0.2, 0.25) is 0 Å². The number of nitrogens with zero attached hydrogens (tertiary/aromatic N) is 5. The number of aromatic nitrogens is 4. The topological polar surface area (TPSA) is 56.0 Å². The van der Waals surface area contributed by atoms with E-state index in [0.29, 0.717) is 5.92 Å². The molecule has 0 bridgehead atoms. The van der Waals surface area contributed by atoms with E-state index in [2.05, 4.69) is 26.8 Å². The third kappa shape index (κ3) is 3.40. The van der Waals surface area contributed by atoms with Crippen LogP contribution in [-0.2, 0) is 33.0 Å². The summed E-state index contributed by atoms with van der Waals surface area (Å²) in [4.78, 5) is 14.5. The highest BCUT2D eigenvalue weighted by atomic mass is 16.1. The van der Waals surface area contributed by atoms with Gasteiger partial charge in [0.15, 0.2) is 0 Å². The molecule has 6 nitrogen and oxygen atoms in total. The van der Waals surface area contributed by atoms with Gasteiger partial charge in [-0.15, -0.1) is 0 Å². The van der Waals surface area contributed by atoms with Crippen LogP contribution in [0, 0.1) is 12.8 Å². The van der Waals surface area contributed by atoms with Crippen molar-refractivity contribution in [2.45, 2.75) is 52.1 Å². The van der Waals surface area contributed by atoms with E-state index >= 15 is 0 Å². The van der Waals surface area contributed by atoms with Gasteiger partial charge in [0.2, 0.25) is 0 Å². The monoisotopic (exact) mass is 341 g/mol. The van der Waals surface area contributed by atoms with Crippen LogP contribution >= 0.6 is 0 Å². The van der Waals surface area contributed by atoms with Crippen molar-refractivity contribution in [3.05, 3.63) is 45.1 Å². The zero-order chi connectivity index (χ0) is 17.4. The Morgan fingerprint density at radius 2 is 1.96 bits per heavy atom. The fourth-order valence-electron chi connectivity index (χ4n) is 4.25. The Hall–Kier alpha value is -1.95. The van der Waals surface area contributed by atoms with Crippen LogP contribution in [0.1, 0.15) is 41.9 Å². The van der Waals surface area contributed by atoms with Crippen LogP contribution in [0.3, 0.4) is 0 Å². The third-order valence-electron chi connectivity index (χ3n) is 5.71. The Labute approximate surface area is 148 Å². The van der Waals surface area contributed by atoms with E-state index in [-0.39, 0.29) is 5.56 Å². The zero-order valence-electron chi connectivity index (χ0n) is 15.2. The molecule has 2 aromatic rings. The molecule has 1 aliphatic heterocycles.